The van der Waals surface area contributed by atoms with E-state index in [4.69, 9.17) is 5.73 Å². The molecule has 3 atom stereocenters. The summed E-state index contributed by atoms with van der Waals surface area (Å²) in [7, 11) is 1.31. The van der Waals surface area contributed by atoms with Crippen LogP contribution in [0, 0.1) is 0 Å². The van der Waals surface area contributed by atoms with Gasteiger partial charge in [-0.3, -0.25) is 24.1 Å². The van der Waals surface area contributed by atoms with E-state index in [9.17, 15) is 24.0 Å². The number of carbonyl (C=O) groups is 5. The third-order valence-corrected chi connectivity index (χ3v) is 5.13. The van der Waals surface area contributed by atoms with Crippen molar-refractivity contribution in [2.24, 2.45) is 5.73 Å². The van der Waals surface area contributed by atoms with Crippen LogP contribution in [0.3, 0.4) is 0 Å². The Labute approximate surface area is 166 Å². The lowest BCUT2D eigenvalue weighted by molar-refractivity contribution is -0.141. The number of primary amides is 1. The minimum atomic E-state index is -1.09. The number of nitrogens with one attached hydrogen (secondary N) is 3. The van der Waals surface area contributed by atoms with Crippen molar-refractivity contribution in [2.45, 2.75) is 43.8 Å². The Morgan fingerprint density at radius 2 is 2.14 bits per heavy atom. The molecule has 12 heteroatoms. The minimum Gasteiger partial charge on any atom is -0.368 e. The van der Waals surface area contributed by atoms with Crippen LogP contribution in [0.1, 0.15) is 25.0 Å². The van der Waals surface area contributed by atoms with E-state index >= 15 is 0 Å². The van der Waals surface area contributed by atoms with Crippen molar-refractivity contribution in [3.8, 4) is 0 Å². The lowest BCUT2D eigenvalue weighted by Crippen LogP contribution is -2.61. The third kappa shape index (κ3) is 4.36. The summed E-state index contributed by atoms with van der Waals surface area (Å²) in [6.45, 7) is 0.352. The zero-order chi connectivity index (χ0) is 21.1. The monoisotopic (exact) mass is 405 g/mol. The number of likely N-dealkylation sites (tertiary alicyclic amines) is 1. The number of aromatic nitrogens is 2. The molecule has 6 amide bonds. The van der Waals surface area contributed by atoms with Crippen molar-refractivity contribution in [1.82, 2.24) is 30.4 Å². The number of urea groups is 1. The van der Waals surface area contributed by atoms with Gasteiger partial charge in [0.05, 0.1) is 12.7 Å². The zero-order valence-electron chi connectivity index (χ0n) is 15.9. The van der Waals surface area contributed by atoms with Gasteiger partial charge in [-0.2, -0.15) is 0 Å². The highest BCUT2D eigenvalue weighted by Crippen LogP contribution is 2.19. The van der Waals surface area contributed by atoms with E-state index in [1.807, 2.05) is 0 Å². The molecule has 2 aliphatic heterocycles. The summed E-state index contributed by atoms with van der Waals surface area (Å²) in [5, 5.41) is 5.03. The maximum Gasteiger partial charge on any atom is 0.324 e. The van der Waals surface area contributed by atoms with E-state index in [1.54, 1.807) is 0 Å². The molecule has 0 spiro atoms. The van der Waals surface area contributed by atoms with Crippen LogP contribution in [0.15, 0.2) is 12.5 Å². The second-order valence-electron chi connectivity index (χ2n) is 7.09. The van der Waals surface area contributed by atoms with Gasteiger partial charge in [0.2, 0.25) is 23.6 Å². The second kappa shape index (κ2) is 8.29. The average molecular weight is 405 g/mol. The number of aromatic amines is 1. The Hall–Kier alpha value is -3.44. The summed E-state index contributed by atoms with van der Waals surface area (Å²) in [5.41, 5.74) is 6.00. The largest absolute Gasteiger partial charge is 0.368 e. The number of H-pyrrole nitrogens is 1. The second-order valence-corrected chi connectivity index (χ2v) is 7.09. The van der Waals surface area contributed by atoms with Gasteiger partial charge in [-0.25, -0.2) is 9.78 Å². The summed E-state index contributed by atoms with van der Waals surface area (Å²) in [4.78, 5) is 70.1. The fraction of sp³-hybridized carbons (Fsp3) is 0.529. The van der Waals surface area contributed by atoms with Gasteiger partial charge in [-0.15, -0.1) is 0 Å². The van der Waals surface area contributed by atoms with Crippen LogP contribution in [-0.4, -0.2) is 81.1 Å². The highest BCUT2D eigenvalue weighted by Gasteiger charge is 2.39. The van der Waals surface area contributed by atoms with Crippen LogP contribution in [0.25, 0.3) is 0 Å². The van der Waals surface area contributed by atoms with Crippen LogP contribution in [0.4, 0.5) is 4.79 Å². The molecular formula is C17H23N7O5. The van der Waals surface area contributed by atoms with Gasteiger partial charge in [0.1, 0.15) is 18.1 Å². The number of hydrogen-bond donors (Lipinski definition) is 4. The summed E-state index contributed by atoms with van der Waals surface area (Å²) < 4.78 is 0. The maximum atomic E-state index is 13.1. The highest BCUT2D eigenvalue weighted by molar-refractivity contribution is 6.03. The van der Waals surface area contributed by atoms with E-state index in [1.165, 1.54) is 24.5 Å². The SMILES string of the molecule is CN1C(=O)C[C@@H](C(=O)N[C@H](Cc2cnc[nH]2)C(=O)N2CCC[C@@H]2C(N)=O)NC1=O. The molecule has 0 bridgehead atoms. The van der Waals surface area contributed by atoms with Crippen LogP contribution in [0.2, 0.25) is 0 Å². The maximum absolute atomic E-state index is 13.1. The Morgan fingerprint density at radius 1 is 1.38 bits per heavy atom. The first-order valence-electron chi connectivity index (χ1n) is 9.22. The van der Waals surface area contributed by atoms with Crippen molar-refractivity contribution in [2.75, 3.05) is 13.6 Å². The topological polar surface area (TPSA) is 171 Å². The van der Waals surface area contributed by atoms with Crippen LogP contribution in [0.5, 0.6) is 0 Å². The van der Waals surface area contributed by atoms with Crippen molar-refractivity contribution < 1.29 is 24.0 Å². The Bertz CT molecular complexity index is 806. The molecule has 1 aromatic heterocycles. The fourth-order valence-corrected chi connectivity index (χ4v) is 3.50. The zero-order valence-corrected chi connectivity index (χ0v) is 15.9. The van der Waals surface area contributed by atoms with Crippen LogP contribution in [-0.2, 0) is 25.6 Å². The molecule has 0 aliphatic carbocycles. The van der Waals surface area contributed by atoms with Crippen molar-refractivity contribution in [3.63, 3.8) is 0 Å². The van der Waals surface area contributed by atoms with Gasteiger partial charge >= 0.3 is 6.03 Å². The normalized spacial score (nSPS) is 22.9. The van der Waals surface area contributed by atoms with Gasteiger partial charge in [-0.1, -0.05) is 0 Å². The molecule has 2 fully saturated rings. The van der Waals surface area contributed by atoms with E-state index in [0.29, 0.717) is 25.1 Å². The molecule has 3 heterocycles. The Kier molecular flexibility index (Phi) is 5.80. The molecule has 3 rings (SSSR count). The molecule has 1 aromatic rings. The molecule has 12 nitrogen and oxygen atoms in total. The molecule has 0 saturated carbocycles. The van der Waals surface area contributed by atoms with Gasteiger partial charge < -0.3 is 26.3 Å². The third-order valence-electron chi connectivity index (χ3n) is 5.13. The fourth-order valence-electron chi connectivity index (χ4n) is 3.50. The first-order chi connectivity index (χ1) is 13.8. The molecule has 156 valence electrons. The molecule has 2 saturated heterocycles. The Morgan fingerprint density at radius 3 is 2.76 bits per heavy atom. The lowest BCUT2D eigenvalue weighted by atomic mass is 10.1. The smallest absolute Gasteiger partial charge is 0.324 e. The minimum absolute atomic E-state index is 0.0983. The van der Waals surface area contributed by atoms with Crippen LogP contribution < -0.4 is 16.4 Å². The predicted octanol–water partition coefficient (Wildman–Crippen LogP) is -2.15. The van der Waals surface area contributed by atoms with Gasteiger partial charge in [0.25, 0.3) is 0 Å². The molecule has 0 unspecified atom stereocenters. The van der Waals surface area contributed by atoms with Crippen molar-refractivity contribution >= 4 is 29.7 Å². The quantitative estimate of drug-likeness (QED) is 0.420. The standard InChI is InChI=1S/C17H23N7O5/c1-23-13(25)6-10(22-17(23)29)15(27)21-11(5-9-7-19-8-20-9)16(28)24-4-2-3-12(24)14(18)26/h7-8,10-12H,2-6H2,1H3,(H2,18,26)(H,19,20)(H,21,27)(H,22,29)/t10-,11+,12+/m0/s1. The lowest BCUT2D eigenvalue weighted by Gasteiger charge is -2.31. The first kappa shape index (κ1) is 20.3. The van der Waals surface area contributed by atoms with E-state index in [2.05, 4.69) is 20.6 Å². The molecule has 0 radical (unpaired) electrons. The summed E-state index contributed by atoms with van der Waals surface area (Å²) >= 11 is 0. The first-order valence-corrected chi connectivity index (χ1v) is 9.22. The highest BCUT2D eigenvalue weighted by atomic mass is 16.2. The predicted molar refractivity (Wildman–Crippen MR) is 97.9 cm³/mol. The molecule has 2 aliphatic rings. The average Bonchev–Trinajstić information content (AvgIpc) is 3.36. The number of nitrogens with zero attached hydrogens (tertiary/aromatic N) is 3. The number of hydrogen-bond acceptors (Lipinski definition) is 6. The number of amides is 6. The van der Waals surface area contributed by atoms with Gasteiger partial charge in [0.15, 0.2) is 0 Å². The van der Waals surface area contributed by atoms with Crippen molar-refractivity contribution in [3.05, 3.63) is 18.2 Å². The van der Waals surface area contributed by atoms with Crippen LogP contribution >= 0.6 is 0 Å². The van der Waals surface area contributed by atoms with E-state index < -0.39 is 47.8 Å². The molecule has 29 heavy (non-hydrogen) atoms. The summed E-state index contributed by atoms with van der Waals surface area (Å²) in [5.74, 6) is -2.22. The van der Waals surface area contributed by atoms with E-state index in [0.717, 1.165) is 4.90 Å². The molecule has 0 aromatic carbocycles. The molecular weight excluding hydrogens is 382 g/mol. The van der Waals surface area contributed by atoms with Gasteiger partial charge in [0, 0.05) is 31.9 Å². The number of carbonyl (C=O) groups excluding carboxylic acids is 5. The number of imide groups is 1. The Balaban J connectivity index is 1.76. The summed E-state index contributed by atoms with van der Waals surface area (Å²) in [6.07, 6.45) is 3.93. The number of nitrogens with two attached hydrogens (primary N) is 1. The van der Waals surface area contributed by atoms with Gasteiger partial charge in [-0.05, 0) is 12.8 Å². The summed E-state index contributed by atoms with van der Waals surface area (Å²) in [6, 6.07) is -3.53. The number of rotatable bonds is 6. The van der Waals surface area contributed by atoms with Crippen molar-refractivity contribution in [1.29, 1.82) is 0 Å². The molecule has 5 N–H and O–H groups in total. The van der Waals surface area contributed by atoms with E-state index in [-0.39, 0.29) is 12.8 Å². The number of imidazole rings is 1.